The summed E-state index contributed by atoms with van der Waals surface area (Å²) in [5.74, 6) is 0.877. The molecule has 1 N–H and O–H groups in total. The lowest BCUT2D eigenvalue weighted by molar-refractivity contribution is 0.206. The van der Waals surface area contributed by atoms with Crippen LogP contribution in [0.15, 0.2) is 12.1 Å². The fourth-order valence-electron chi connectivity index (χ4n) is 3.42. The Morgan fingerprint density at radius 3 is 2.25 bits per heavy atom. The summed E-state index contributed by atoms with van der Waals surface area (Å²) in [6.07, 6.45) is 2.67. The molecule has 0 aromatic heterocycles. The zero-order valence-electron chi connectivity index (χ0n) is 13.6. The molecule has 2 nitrogen and oxygen atoms in total. The number of aryl methyl sites for hydroxylation is 3. The van der Waals surface area contributed by atoms with Crippen LogP contribution in [-0.4, -0.2) is 31.1 Å². The van der Waals surface area contributed by atoms with Crippen LogP contribution in [0.25, 0.3) is 0 Å². The Hall–Kier alpha value is -0.860. The monoisotopic (exact) mass is 274 g/mol. The van der Waals surface area contributed by atoms with Crippen LogP contribution in [0.3, 0.4) is 0 Å². The minimum absolute atomic E-state index is 0.877. The average Bonchev–Trinajstić information content (AvgIpc) is 2.42. The molecular weight excluding hydrogens is 244 g/mol. The van der Waals surface area contributed by atoms with Gasteiger partial charge >= 0.3 is 0 Å². The first kappa shape index (κ1) is 15.5. The van der Waals surface area contributed by atoms with Crippen molar-refractivity contribution in [2.24, 2.45) is 5.92 Å². The van der Waals surface area contributed by atoms with Crippen molar-refractivity contribution >= 4 is 0 Å². The topological polar surface area (TPSA) is 15.3 Å². The van der Waals surface area contributed by atoms with E-state index in [-0.39, 0.29) is 0 Å². The zero-order valence-corrected chi connectivity index (χ0v) is 13.6. The summed E-state index contributed by atoms with van der Waals surface area (Å²) < 4.78 is 0. The van der Waals surface area contributed by atoms with Gasteiger partial charge < -0.3 is 5.32 Å². The number of rotatable bonds is 5. The number of nitrogens with one attached hydrogen (secondary N) is 1. The second-order valence-corrected chi connectivity index (χ2v) is 6.40. The molecule has 0 atom stereocenters. The van der Waals surface area contributed by atoms with Crippen molar-refractivity contribution in [3.8, 4) is 0 Å². The third-order valence-corrected chi connectivity index (χ3v) is 4.64. The van der Waals surface area contributed by atoms with Crippen LogP contribution in [0, 0.1) is 26.7 Å². The highest BCUT2D eigenvalue weighted by atomic mass is 15.1. The van der Waals surface area contributed by atoms with Gasteiger partial charge in [-0.2, -0.15) is 0 Å². The third kappa shape index (κ3) is 4.07. The van der Waals surface area contributed by atoms with Gasteiger partial charge in [0.2, 0.25) is 0 Å². The van der Waals surface area contributed by atoms with Crippen LogP contribution < -0.4 is 5.32 Å². The van der Waals surface area contributed by atoms with E-state index in [1.807, 2.05) is 0 Å². The molecule has 0 amide bonds. The van der Waals surface area contributed by atoms with Crippen LogP contribution in [-0.2, 0) is 6.54 Å². The van der Waals surface area contributed by atoms with Gasteiger partial charge in [-0.1, -0.05) is 24.6 Å². The molecule has 1 heterocycles. The summed E-state index contributed by atoms with van der Waals surface area (Å²) in [6.45, 7) is 14.9. The van der Waals surface area contributed by atoms with Crippen molar-refractivity contribution in [1.82, 2.24) is 10.2 Å². The molecule has 2 rings (SSSR count). The average molecular weight is 274 g/mol. The minimum atomic E-state index is 0.877. The minimum Gasteiger partial charge on any atom is -0.317 e. The van der Waals surface area contributed by atoms with E-state index < -0.39 is 0 Å². The Bertz CT molecular complexity index is 410. The maximum atomic E-state index is 3.46. The molecule has 0 spiro atoms. The summed E-state index contributed by atoms with van der Waals surface area (Å²) >= 11 is 0. The van der Waals surface area contributed by atoms with Crippen molar-refractivity contribution < 1.29 is 0 Å². The predicted octanol–water partition coefficient (Wildman–Crippen LogP) is 3.43. The number of piperidine rings is 1. The quantitative estimate of drug-likeness (QED) is 0.885. The van der Waals surface area contributed by atoms with E-state index in [1.165, 1.54) is 54.7 Å². The van der Waals surface area contributed by atoms with Crippen LogP contribution in [0.1, 0.15) is 42.0 Å². The second-order valence-electron chi connectivity index (χ2n) is 6.40. The Kier molecular flexibility index (Phi) is 5.62. The van der Waals surface area contributed by atoms with E-state index in [0.29, 0.717) is 0 Å². The highest BCUT2D eigenvalue weighted by Crippen LogP contribution is 2.20. The van der Waals surface area contributed by atoms with Gasteiger partial charge in [-0.15, -0.1) is 0 Å². The van der Waals surface area contributed by atoms with Gasteiger partial charge in [0.1, 0.15) is 0 Å². The van der Waals surface area contributed by atoms with E-state index in [0.717, 1.165) is 19.0 Å². The normalized spacial score (nSPS) is 16.9. The molecule has 1 aliphatic rings. The van der Waals surface area contributed by atoms with Gasteiger partial charge in [-0.25, -0.2) is 0 Å². The van der Waals surface area contributed by atoms with Crippen molar-refractivity contribution in [3.05, 3.63) is 34.4 Å². The summed E-state index contributed by atoms with van der Waals surface area (Å²) in [7, 11) is 0. The maximum absolute atomic E-state index is 3.46. The summed E-state index contributed by atoms with van der Waals surface area (Å²) in [4.78, 5) is 2.63. The summed E-state index contributed by atoms with van der Waals surface area (Å²) in [6, 6.07) is 4.64. The molecule has 0 saturated carbocycles. The number of hydrogen-bond acceptors (Lipinski definition) is 2. The van der Waals surface area contributed by atoms with Crippen LogP contribution >= 0.6 is 0 Å². The Labute approximate surface area is 124 Å². The maximum Gasteiger partial charge on any atom is 0.0238 e. The SMILES string of the molecule is CCN(Cc1c(C)cc(C)cc1C)CC1CCNCC1. The van der Waals surface area contributed by atoms with E-state index in [1.54, 1.807) is 0 Å². The van der Waals surface area contributed by atoms with Gasteiger partial charge in [-0.05, 0) is 75.9 Å². The van der Waals surface area contributed by atoms with Crippen molar-refractivity contribution in [1.29, 1.82) is 0 Å². The molecule has 1 saturated heterocycles. The van der Waals surface area contributed by atoms with Gasteiger partial charge in [0.15, 0.2) is 0 Å². The molecule has 20 heavy (non-hydrogen) atoms. The molecular formula is C18H30N2. The zero-order chi connectivity index (χ0) is 14.5. The molecule has 0 unspecified atom stereocenters. The molecule has 1 fully saturated rings. The lowest BCUT2D eigenvalue weighted by atomic mass is 9.96. The van der Waals surface area contributed by atoms with Gasteiger partial charge in [0.05, 0.1) is 0 Å². The predicted molar refractivity (Wildman–Crippen MR) is 87.2 cm³/mol. The Morgan fingerprint density at radius 1 is 1.10 bits per heavy atom. The molecule has 0 aliphatic carbocycles. The van der Waals surface area contributed by atoms with Crippen LogP contribution in [0.2, 0.25) is 0 Å². The molecule has 1 aliphatic heterocycles. The molecule has 0 bridgehead atoms. The Morgan fingerprint density at radius 2 is 1.70 bits per heavy atom. The first-order chi connectivity index (χ1) is 9.60. The number of nitrogens with zero attached hydrogens (tertiary/aromatic N) is 1. The lowest BCUT2D eigenvalue weighted by Crippen LogP contribution is -2.36. The molecule has 112 valence electrons. The first-order valence-corrected chi connectivity index (χ1v) is 8.10. The molecule has 1 aromatic carbocycles. The highest BCUT2D eigenvalue weighted by molar-refractivity contribution is 5.37. The molecule has 2 heteroatoms. The van der Waals surface area contributed by atoms with Crippen molar-refractivity contribution in [3.63, 3.8) is 0 Å². The van der Waals surface area contributed by atoms with E-state index in [9.17, 15) is 0 Å². The van der Waals surface area contributed by atoms with E-state index >= 15 is 0 Å². The van der Waals surface area contributed by atoms with Crippen LogP contribution in [0.4, 0.5) is 0 Å². The van der Waals surface area contributed by atoms with Crippen molar-refractivity contribution in [2.75, 3.05) is 26.2 Å². The summed E-state index contributed by atoms with van der Waals surface area (Å²) in [5.41, 5.74) is 5.81. The van der Waals surface area contributed by atoms with Crippen molar-refractivity contribution in [2.45, 2.75) is 47.1 Å². The van der Waals surface area contributed by atoms with Gasteiger partial charge in [0.25, 0.3) is 0 Å². The lowest BCUT2D eigenvalue weighted by Gasteiger charge is -2.30. The number of benzene rings is 1. The molecule has 1 aromatic rings. The van der Waals surface area contributed by atoms with Crippen LogP contribution in [0.5, 0.6) is 0 Å². The van der Waals surface area contributed by atoms with Gasteiger partial charge in [-0.3, -0.25) is 4.90 Å². The highest BCUT2D eigenvalue weighted by Gasteiger charge is 2.17. The second kappa shape index (κ2) is 7.24. The first-order valence-electron chi connectivity index (χ1n) is 8.10. The van der Waals surface area contributed by atoms with Gasteiger partial charge in [0, 0.05) is 13.1 Å². The Balaban J connectivity index is 2.02. The summed E-state index contributed by atoms with van der Waals surface area (Å²) in [5, 5.41) is 3.46. The fourth-order valence-corrected chi connectivity index (χ4v) is 3.42. The fraction of sp³-hybridized carbons (Fsp3) is 0.667. The van der Waals surface area contributed by atoms with E-state index in [4.69, 9.17) is 0 Å². The number of hydrogen-bond donors (Lipinski definition) is 1. The molecule has 0 radical (unpaired) electrons. The third-order valence-electron chi connectivity index (χ3n) is 4.64. The van der Waals surface area contributed by atoms with E-state index in [2.05, 4.69) is 50.0 Å². The largest absolute Gasteiger partial charge is 0.317 e. The standard InChI is InChI=1S/C18H30N2/c1-5-20(12-17-6-8-19-9-7-17)13-18-15(3)10-14(2)11-16(18)4/h10-11,17,19H,5-9,12-13H2,1-4H3. The smallest absolute Gasteiger partial charge is 0.0238 e.